The van der Waals surface area contributed by atoms with E-state index >= 15 is 0 Å². The van der Waals surface area contributed by atoms with Crippen LogP contribution >= 0.6 is 0 Å². The summed E-state index contributed by atoms with van der Waals surface area (Å²) in [6.07, 6.45) is 8.70. The van der Waals surface area contributed by atoms with E-state index in [1.165, 1.54) is 38.5 Å². The van der Waals surface area contributed by atoms with E-state index in [9.17, 15) is 5.11 Å². The number of aliphatic hydroxyl groups excluding tert-OH is 1. The van der Waals surface area contributed by atoms with E-state index in [1.807, 2.05) is 0 Å². The molecule has 0 radical (unpaired) electrons. The molecule has 13 heavy (non-hydrogen) atoms. The monoisotopic (exact) mass is 184 g/mol. The van der Waals surface area contributed by atoms with Gasteiger partial charge < -0.3 is 5.11 Å². The van der Waals surface area contributed by atoms with Crippen LogP contribution < -0.4 is 0 Å². The SMILES string of the molecule is CCCC(C)[C@@H]1CCCCC[C@H]1O. The molecule has 1 saturated carbocycles. The van der Waals surface area contributed by atoms with Crippen molar-refractivity contribution >= 4 is 0 Å². The molecule has 0 bridgehead atoms. The molecule has 0 saturated heterocycles. The minimum absolute atomic E-state index is 0.0101. The van der Waals surface area contributed by atoms with E-state index in [4.69, 9.17) is 0 Å². The molecule has 0 aromatic heterocycles. The maximum atomic E-state index is 9.95. The van der Waals surface area contributed by atoms with Gasteiger partial charge in [0.1, 0.15) is 0 Å². The summed E-state index contributed by atoms with van der Waals surface area (Å²) in [5.74, 6) is 1.31. The quantitative estimate of drug-likeness (QED) is 0.667. The predicted molar refractivity (Wildman–Crippen MR) is 56.7 cm³/mol. The first kappa shape index (κ1) is 11.0. The topological polar surface area (TPSA) is 20.2 Å². The van der Waals surface area contributed by atoms with Crippen LogP contribution in [0.25, 0.3) is 0 Å². The Hall–Kier alpha value is -0.0400. The van der Waals surface area contributed by atoms with Crippen molar-refractivity contribution in [2.45, 2.75) is 64.9 Å². The Morgan fingerprint density at radius 2 is 1.92 bits per heavy atom. The lowest BCUT2D eigenvalue weighted by Crippen LogP contribution is -2.25. The van der Waals surface area contributed by atoms with Gasteiger partial charge in [-0.1, -0.05) is 46.0 Å². The van der Waals surface area contributed by atoms with Crippen molar-refractivity contribution in [3.8, 4) is 0 Å². The molecule has 78 valence electrons. The third-order valence-corrected chi connectivity index (χ3v) is 3.51. The van der Waals surface area contributed by atoms with Crippen LogP contribution in [0.15, 0.2) is 0 Å². The van der Waals surface area contributed by atoms with Crippen molar-refractivity contribution < 1.29 is 5.11 Å². The highest BCUT2D eigenvalue weighted by molar-refractivity contribution is 4.76. The van der Waals surface area contributed by atoms with Gasteiger partial charge in [-0.3, -0.25) is 0 Å². The van der Waals surface area contributed by atoms with Crippen LogP contribution in [0.5, 0.6) is 0 Å². The number of rotatable bonds is 3. The van der Waals surface area contributed by atoms with Crippen molar-refractivity contribution in [1.82, 2.24) is 0 Å². The van der Waals surface area contributed by atoms with E-state index in [2.05, 4.69) is 13.8 Å². The van der Waals surface area contributed by atoms with Gasteiger partial charge in [-0.05, 0) is 24.7 Å². The van der Waals surface area contributed by atoms with Gasteiger partial charge in [0, 0.05) is 0 Å². The van der Waals surface area contributed by atoms with Crippen molar-refractivity contribution in [2.24, 2.45) is 11.8 Å². The van der Waals surface area contributed by atoms with Crippen molar-refractivity contribution in [3.63, 3.8) is 0 Å². The van der Waals surface area contributed by atoms with Gasteiger partial charge >= 0.3 is 0 Å². The predicted octanol–water partition coefficient (Wildman–Crippen LogP) is 3.36. The average Bonchev–Trinajstić information content (AvgIpc) is 2.30. The number of hydrogen-bond acceptors (Lipinski definition) is 1. The Labute approximate surface area is 82.5 Å². The van der Waals surface area contributed by atoms with Crippen LogP contribution in [0.1, 0.15) is 58.8 Å². The fraction of sp³-hybridized carbons (Fsp3) is 1.00. The van der Waals surface area contributed by atoms with Crippen LogP contribution in [0, 0.1) is 11.8 Å². The van der Waals surface area contributed by atoms with Gasteiger partial charge in [0.2, 0.25) is 0 Å². The van der Waals surface area contributed by atoms with Gasteiger partial charge in [0.25, 0.3) is 0 Å². The molecule has 0 aromatic rings. The molecule has 1 fully saturated rings. The van der Waals surface area contributed by atoms with Crippen LogP contribution in [0.3, 0.4) is 0 Å². The third kappa shape index (κ3) is 3.30. The van der Waals surface area contributed by atoms with Gasteiger partial charge in [-0.2, -0.15) is 0 Å². The molecule has 0 amide bonds. The Bertz CT molecular complexity index is 133. The summed E-state index contributed by atoms with van der Waals surface area (Å²) in [4.78, 5) is 0. The molecule has 0 aliphatic heterocycles. The van der Waals surface area contributed by atoms with E-state index in [-0.39, 0.29) is 6.10 Å². The summed E-state index contributed by atoms with van der Waals surface area (Å²) in [7, 11) is 0. The van der Waals surface area contributed by atoms with E-state index in [0.717, 1.165) is 12.3 Å². The Morgan fingerprint density at radius 1 is 1.23 bits per heavy atom. The normalized spacial score (nSPS) is 32.5. The van der Waals surface area contributed by atoms with Gasteiger partial charge in [0.15, 0.2) is 0 Å². The lowest BCUT2D eigenvalue weighted by atomic mass is 9.83. The highest BCUT2D eigenvalue weighted by Crippen LogP contribution is 2.31. The molecule has 0 aromatic carbocycles. The largest absolute Gasteiger partial charge is 0.393 e. The first-order valence-corrected chi connectivity index (χ1v) is 5.93. The molecule has 1 aliphatic carbocycles. The molecule has 1 nitrogen and oxygen atoms in total. The zero-order chi connectivity index (χ0) is 9.68. The molecular formula is C12H24O. The summed E-state index contributed by atoms with van der Waals surface area (Å²) in [5.41, 5.74) is 0. The fourth-order valence-electron chi connectivity index (χ4n) is 2.65. The fourth-order valence-corrected chi connectivity index (χ4v) is 2.65. The molecule has 1 unspecified atom stereocenters. The summed E-state index contributed by atoms with van der Waals surface area (Å²) in [5, 5.41) is 9.95. The zero-order valence-corrected chi connectivity index (χ0v) is 9.13. The molecule has 0 spiro atoms. The highest BCUT2D eigenvalue weighted by atomic mass is 16.3. The van der Waals surface area contributed by atoms with Crippen LogP contribution in [0.2, 0.25) is 0 Å². The number of aliphatic hydroxyl groups is 1. The Balaban J connectivity index is 2.43. The van der Waals surface area contributed by atoms with Crippen LogP contribution in [0.4, 0.5) is 0 Å². The molecule has 1 rings (SSSR count). The summed E-state index contributed by atoms with van der Waals surface area (Å²) >= 11 is 0. The molecule has 1 N–H and O–H groups in total. The minimum atomic E-state index is -0.0101. The second-order valence-electron chi connectivity index (χ2n) is 4.64. The standard InChI is InChI=1S/C12H24O/c1-3-7-10(2)11-8-5-4-6-9-12(11)13/h10-13H,3-9H2,1-2H3/t10?,11-,12+/m0/s1. The second kappa shape index (κ2) is 5.64. The maximum Gasteiger partial charge on any atom is 0.0570 e. The van der Waals surface area contributed by atoms with Crippen molar-refractivity contribution in [1.29, 1.82) is 0 Å². The van der Waals surface area contributed by atoms with E-state index < -0.39 is 0 Å². The van der Waals surface area contributed by atoms with Gasteiger partial charge in [0.05, 0.1) is 6.10 Å². The van der Waals surface area contributed by atoms with Crippen molar-refractivity contribution in [3.05, 3.63) is 0 Å². The lowest BCUT2D eigenvalue weighted by molar-refractivity contribution is 0.0680. The van der Waals surface area contributed by atoms with Crippen molar-refractivity contribution in [2.75, 3.05) is 0 Å². The summed E-state index contributed by atoms with van der Waals surface area (Å²) < 4.78 is 0. The van der Waals surface area contributed by atoms with Gasteiger partial charge in [-0.15, -0.1) is 0 Å². The Morgan fingerprint density at radius 3 is 2.62 bits per heavy atom. The lowest BCUT2D eigenvalue weighted by Gasteiger charge is -2.26. The number of hydrogen-bond donors (Lipinski definition) is 1. The van der Waals surface area contributed by atoms with Crippen LogP contribution in [-0.2, 0) is 0 Å². The maximum absolute atomic E-state index is 9.95. The highest BCUT2D eigenvalue weighted by Gasteiger charge is 2.25. The molecule has 1 heteroatoms. The minimum Gasteiger partial charge on any atom is -0.393 e. The van der Waals surface area contributed by atoms with E-state index in [0.29, 0.717) is 5.92 Å². The Kier molecular flexibility index (Phi) is 4.79. The first-order chi connectivity index (χ1) is 6.25. The zero-order valence-electron chi connectivity index (χ0n) is 9.13. The van der Waals surface area contributed by atoms with E-state index in [1.54, 1.807) is 0 Å². The second-order valence-corrected chi connectivity index (χ2v) is 4.64. The average molecular weight is 184 g/mol. The molecule has 0 heterocycles. The summed E-state index contributed by atoms with van der Waals surface area (Å²) in [6, 6.07) is 0. The smallest absolute Gasteiger partial charge is 0.0570 e. The summed E-state index contributed by atoms with van der Waals surface area (Å²) in [6.45, 7) is 4.54. The van der Waals surface area contributed by atoms with Crippen LogP contribution in [-0.4, -0.2) is 11.2 Å². The third-order valence-electron chi connectivity index (χ3n) is 3.51. The molecule has 3 atom stereocenters. The molecular weight excluding hydrogens is 160 g/mol. The molecule has 1 aliphatic rings. The first-order valence-electron chi connectivity index (χ1n) is 5.93. The van der Waals surface area contributed by atoms with Gasteiger partial charge in [-0.25, -0.2) is 0 Å².